The summed E-state index contributed by atoms with van der Waals surface area (Å²) in [4.78, 5) is 16.0. The SMILES string of the molecule is Cc1cc(N2CCC[C@H]2c2cnn(C)c2C)nc(-c2cccnc2)n1. The van der Waals surface area contributed by atoms with Crippen molar-refractivity contribution in [3.63, 3.8) is 0 Å². The van der Waals surface area contributed by atoms with Crippen LogP contribution in [-0.2, 0) is 7.05 Å². The second-order valence-corrected chi connectivity index (χ2v) is 6.59. The molecule has 3 aromatic rings. The fourth-order valence-corrected chi connectivity index (χ4v) is 3.53. The first-order valence-electron chi connectivity index (χ1n) is 8.64. The van der Waals surface area contributed by atoms with Crippen LogP contribution in [0.15, 0.2) is 36.8 Å². The van der Waals surface area contributed by atoms with Gasteiger partial charge < -0.3 is 4.90 Å². The van der Waals surface area contributed by atoms with E-state index in [1.807, 2.05) is 43.2 Å². The van der Waals surface area contributed by atoms with Crippen molar-refractivity contribution in [2.24, 2.45) is 7.05 Å². The zero-order valence-electron chi connectivity index (χ0n) is 14.8. The molecule has 128 valence electrons. The molecule has 0 spiro atoms. The van der Waals surface area contributed by atoms with Crippen LogP contribution in [0.3, 0.4) is 0 Å². The third-order valence-corrected chi connectivity index (χ3v) is 4.94. The lowest BCUT2D eigenvalue weighted by atomic mass is 10.1. The molecule has 25 heavy (non-hydrogen) atoms. The molecule has 4 heterocycles. The summed E-state index contributed by atoms with van der Waals surface area (Å²) in [6, 6.07) is 6.31. The van der Waals surface area contributed by atoms with Crippen molar-refractivity contribution in [1.82, 2.24) is 24.7 Å². The second kappa shape index (κ2) is 6.27. The number of hydrogen-bond acceptors (Lipinski definition) is 5. The predicted molar refractivity (Wildman–Crippen MR) is 97.3 cm³/mol. The van der Waals surface area contributed by atoms with E-state index in [1.54, 1.807) is 6.20 Å². The van der Waals surface area contributed by atoms with Crippen molar-refractivity contribution in [2.45, 2.75) is 32.7 Å². The summed E-state index contributed by atoms with van der Waals surface area (Å²) in [6.07, 6.45) is 7.85. The summed E-state index contributed by atoms with van der Waals surface area (Å²) in [5, 5.41) is 4.42. The highest BCUT2D eigenvalue weighted by molar-refractivity contribution is 5.57. The molecule has 6 nitrogen and oxygen atoms in total. The van der Waals surface area contributed by atoms with E-state index < -0.39 is 0 Å². The van der Waals surface area contributed by atoms with Crippen molar-refractivity contribution < 1.29 is 0 Å². The average molecular weight is 334 g/mol. The maximum atomic E-state index is 4.85. The van der Waals surface area contributed by atoms with E-state index in [9.17, 15) is 0 Å². The van der Waals surface area contributed by atoms with Crippen LogP contribution in [0, 0.1) is 13.8 Å². The van der Waals surface area contributed by atoms with Crippen LogP contribution in [0.2, 0.25) is 0 Å². The highest BCUT2D eigenvalue weighted by atomic mass is 15.3. The van der Waals surface area contributed by atoms with Crippen molar-refractivity contribution >= 4 is 5.82 Å². The summed E-state index contributed by atoms with van der Waals surface area (Å²) in [7, 11) is 1.99. The molecule has 1 atom stereocenters. The van der Waals surface area contributed by atoms with Gasteiger partial charge in [-0.1, -0.05) is 0 Å². The number of hydrogen-bond donors (Lipinski definition) is 0. The Morgan fingerprint density at radius 3 is 2.76 bits per heavy atom. The molecular weight excluding hydrogens is 312 g/mol. The van der Waals surface area contributed by atoms with Crippen LogP contribution in [-0.4, -0.2) is 31.3 Å². The van der Waals surface area contributed by atoms with Crippen LogP contribution < -0.4 is 4.90 Å². The molecule has 0 bridgehead atoms. The van der Waals surface area contributed by atoms with Crippen LogP contribution in [0.4, 0.5) is 5.82 Å². The third kappa shape index (κ3) is 2.88. The molecule has 1 fully saturated rings. The molecule has 0 aliphatic carbocycles. The highest BCUT2D eigenvalue weighted by Gasteiger charge is 2.30. The number of nitrogens with zero attached hydrogens (tertiary/aromatic N) is 6. The second-order valence-electron chi connectivity index (χ2n) is 6.59. The minimum absolute atomic E-state index is 0.324. The number of pyridine rings is 1. The molecule has 0 aromatic carbocycles. The molecular formula is C19H22N6. The molecule has 0 radical (unpaired) electrons. The van der Waals surface area contributed by atoms with E-state index in [1.165, 1.54) is 11.3 Å². The molecule has 3 aromatic heterocycles. The monoisotopic (exact) mass is 334 g/mol. The number of aryl methyl sites for hydroxylation is 2. The van der Waals surface area contributed by atoms with Gasteiger partial charge in [-0.15, -0.1) is 0 Å². The van der Waals surface area contributed by atoms with E-state index >= 15 is 0 Å². The molecule has 0 amide bonds. The Labute approximate surface area is 147 Å². The van der Waals surface area contributed by atoms with Gasteiger partial charge in [-0.2, -0.15) is 5.10 Å². The van der Waals surface area contributed by atoms with Gasteiger partial charge >= 0.3 is 0 Å². The summed E-state index contributed by atoms with van der Waals surface area (Å²) in [6.45, 7) is 5.15. The van der Waals surface area contributed by atoms with Crippen LogP contribution in [0.5, 0.6) is 0 Å². The zero-order chi connectivity index (χ0) is 17.4. The lowest BCUT2D eigenvalue weighted by molar-refractivity contribution is 0.693. The Hall–Kier alpha value is -2.76. The van der Waals surface area contributed by atoms with Gasteiger partial charge in [0.2, 0.25) is 0 Å². The normalized spacial score (nSPS) is 17.2. The van der Waals surface area contributed by atoms with Gasteiger partial charge in [-0.3, -0.25) is 9.67 Å². The highest BCUT2D eigenvalue weighted by Crippen LogP contribution is 2.37. The Bertz CT molecular complexity index is 886. The van der Waals surface area contributed by atoms with Crippen molar-refractivity contribution in [3.05, 3.63) is 53.7 Å². The summed E-state index contributed by atoms with van der Waals surface area (Å²) in [5.74, 6) is 1.72. The number of aromatic nitrogens is 5. The molecule has 0 saturated carbocycles. The topological polar surface area (TPSA) is 59.7 Å². The Kier molecular flexibility index (Phi) is 3.95. The van der Waals surface area contributed by atoms with E-state index in [0.29, 0.717) is 6.04 Å². The van der Waals surface area contributed by atoms with Crippen LogP contribution in [0.1, 0.15) is 35.8 Å². The average Bonchev–Trinajstić information content (AvgIpc) is 3.23. The minimum Gasteiger partial charge on any atom is -0.349 e. The summed E-state index contributed by atoms with van der Waals surface area (Å²) in [5.41, 5.74) is 4.42. The first kappa shape index (κ1) is 15.7. The molecule has 1 aliphatic rings. The molecule has 1 saturated heterocycles. The van der Waals surface area contributed by atoms with E-state index in [0.717, 1.165) is 42.3 Å². The molecule has 1 aliphatic heterocycles. The van der Waals surface area contributed by atoms with Crippen molar-refractivity contribution in [2.75, 3.05) is 11.4 Å². The maximum Gasteiger partial charge on any atom is 0.163 e. The van der Waals surface area contributed by atoms with Crippen LogP contribution >= 0.6 is 0 Å². The van der Waals surface area contributed by atoms with Gasteiger partial charge in [0.05, 0.1) is 12.2 Å². The van der Waals surface area contributed by atoms with Gasteiger partial charge in [-0.25, -0.2) is 9.97 Å². The molecule has 6 heteroatoms. The lowest BCUT2D eigenvalue weighted by Crippen LogP contribution is -2.24. The smallest absolute Gasteiger partial charge is 0.163 e. The summed E-state index contributed by atoms with van der Waals surface area (Å²) < 4.78 is 1.94. The molecule has 0 unspecified atom stereocenters. The van der Waals surface area contributed by atoms with Crippen LogP contribution in [0.25, 0.3) is 11.4 Å². The predicted octanol–water partition coefficient (Wildman–Crippen LogP) is 3.23. The minimum atomic E-state index is 0.324. The lowest BCUT2D eigenvalue weighted by Gasteiger charge is -2.26. The summed E-state index contributed by atoms with van der Waals surface area (Å²) >= 11 is 0. The zero-order valence-corrected chi connectivity index (χ0v) is 14.8. The van der Waals surface area contributed by atoms with Crippen molar-refractivity contribution in [1.29, 1.82) is 0 Å². The van der Waals surface area contributed by atoms with Gasteiger partial charge in [0, 0.05) is 54.6 Å². The van der Waals surface area contributed by atoms with E-state index in [2.05, 4.69) is 33.0 Å². The third-order valence-electron chi connectivity index (χ3n) is 4.94. The van der Waals surface area contributed by atoms with E-state index in [4.69, 9.17) is 4.98 Å². The van der Waals surface area contributed by atoms with Crippen molar-refractivity contribution in [3.8, 4) is 11.4 Å². The maximum absolute atomic E-state index is 4.85. The van der Waals surface area contributed by atoms with Gasteiger partial charge in [0.15, 0.2) is 5.82 Å². The van der Waals surface area contributed by atoms with Gasteiger partial charge in [-0.05, 0) is 38.8 Å². The van der Waals surface area contributed by atoms with Gasteiger partial charge in [0.25, 0.3) is 0 Å². The number of anilines is 1. The van der Waals surface area contributed by atoms with Gasteiger partial charge in [0.1, 0.15) is 5.82 Å². The largest absolute Gasteiger partial charge is 0.349 e. The first-order chi connectivity index (χ1) is 12.1. The Morgan fingerprint density at radius 2 is 2.04 bits per heavy atom. The fourth-order valence-electron chi connectivity index (χ4n) is 3.53. The standard InChI is InChI=1S/C19H22N6/c1-13-10-18(23-19(22-13)15-6-4-8-20-11-15)25-9-5-7-17(25)16-12-21-24(3)14(16)2/h4,6,8,10-12,17H,5,7,9H2,1-3H3/t17-/m0/s1. The number of rotatable bonds is 3. The first-order valence-corrected chi connectivity index (χ1v) is 8.64. The molecule has 0 N–H and O–H groups in total. The quantitative estimate of drug-likeness (QED) is 0.736. The molecule has 4 rings (SSSR count). The Morgan fingerprint density at radius 1 is 1.16 bits per heavy atom. The fraction of sp³-hybridized carbons (Fsp3) is 0.368. The Balaban J connectivity index is 1.73. The van der Waals surface area contributed by atoms with E-state index in [-0.39, 0.29) is 0 Å².